The van der Waals surface area contributed by atoms with Crippen LogP contribution >= 0.6 is 0 Å². The molecule has 1 aliphatic heterocycles. The van der Waals surface area contributed by atoms with Crippen LogP contribution in [0.25, 0.3) is 0 Å². The fraction of sp³-hybridized carbons (Fsp3) is 0.467. The van der Waals surface area contributed by atoms with Crippen molar-refractivity contribution in [3.8, 4) is 0 Å². The highest BCUT2D eigenvalue weighted by Crippen LogP contribution is 2.28. The fourth-order valence-corrected chi connectivity index (χ4v) is 2.04. The van der Waals surface area contributed by atoms with Crippen molar-refractivity contribution in [1.82, 2.24) is 5.32 Å². The van der Waals surface area contributed by atoms with Gasteiger partial charge in [-0.25, -0.2) is 0 Å². The number of nitrogens with zero attached hydrogens (tertiary/aromatic N) is 1. The number of benzene rings is 1. The van der Waals surface area contributed by atoms with Gasteiger partial charge in [-0.1, -0.05) is 26.0 Å². The third-order valence-electron chi connectivity index (χ3n) is 3.62. The number of para-hydroxylation sites is 2. The van der Waals surface area contributed by atoms with Crippen molar-refractivity contribution in [3.63, 3.8) is 0 Å². The van der Waals surface area contributed by atoms with E-state index in [2.05, 4.69) is 24.5 Å². The average Bonchev–Trinajstić information content (AvgIpc) is 2.42. The summed E-state index contributed by atoms with van der Waals surface area (Å²) in [7, 11) is 0. The highest BCUT2D eigenvalue weighted by Gasteiger charge is 2.25. The SMILES string of the molecule is CC(C)C(C)NC(=O)CN1C(=O)CNc2ccccc21. The highest BCUT2D eigenvalue weighted by molar-refractivity contribution is 6.05. The molecule has 5 heteroatoms. The molecule has 0 saturated carbocycles. The van der Waals surface area contributed by atoms with Crippen LogP contribution in [0.15, 0.2) is 24.3 Å². The lowest BCUT2D eigenvalue weighted by molar-refractivity contribution is -0.123. The molecule has 2 rings (SSSR count). The maximum absolute atomic E-state index is 12.1. The van der Waals surface area contributed by atoms with Crippen LogP contribution in [-0.4, -0.2) is 30.9 Å². The zero-order valence-corrected chi connectivity index (χ0v) is 12.1. The molecule has 0 aliphatic carbocycles. The molecule has 0 bridgehead atoms. The molecule has 0 spiro atoms. The first-order valence-electron chi connectivity index (χ1n) is 6.91. The minimum Gasteiger partial charge on any atom is -0.374 e. The molecule has 1 atom stereocenters. The van der Waals surface area contributed by atoms with Crippen LogP contribution in [-0.2, 0) is 9.59 Å². The zero-order chi connectivity index (χ0) is 14.7. The first-order valence-corrected chi connectivity index (χ1v) is 6.91. The van der Waals surface area contributed by atoms with E-state index in [1.54, 1.807) is 0 Å². The van der Waals surface area contributed by atoms with E-state index >= 15 is 0 Å². The average molecular weight is 275 g/mol. The number of anilines is 2. The Labute approximate surface area is 119 Å². The maximum atomic E-state index is 12.1. The predicted molar refractivity (Wildman–Crippen MR) is 79.7 cm³/mol. The first kappa shape index (κ1) is 14.4. The molecule has 1 aromatic rings. The minimum absolute atomic E-state index is 0.0641. The van der Waals surface area contributed by atoms with Crippen LogP contribution in [0.2, 0.25) is 0 Å². The van der Waals surface area contributed by atoms with E-state index in [1.807, 2.05) is 31.2 Å². The van der Waals surface area contributed by atoms with Gasteiger partial charge in [0.1, 0.15) is 6.54 Å². The van der Waals surface area contributed by atoms with Crippen molar-refractivity contribution < 1.29 is 9.59 Å². The summed E-state index contributed by atoms with van der Waals surface area (Å²) in [6, 6.07) is 7.61. The van der Waals surface area contributed by atoms with Crippen molar-refractivity contribution in [1.29, 1.82) is 0 Å². The summed E-state index contributed by atoms with van der Waals surface area (Å²) in [6.07, 6.45) is 0. The van der Waals surface area contributed by atoms with Crippen molar-refractivity contribution in [2.24, 2.45) is 5.92 Å². The lowest BCUT2D eigenvalue weighted by atomic mass is 10.1. The number of carbonyl (C=O) groups excluding carboxylic acids is 2. The van der Waals surface area contributed by atoms with Crippen LogP contribution < -0.4 is 15.5 Å². The Kier molecular flexibility index (Phi) is 4.27. The Morgan fingerprint density at radius 1 is 1.35 bits per heavy atom. The molecule has 1 heterocycles. The lowest BCUT2D eigenvalue weighted by Crippen LogP contribution is -2.48. The number of hydrogen-bond donors (Lipinski definition) is 2. The number of fused-ring (bicyclic) bond motifs is 1. The van der Waals surface area contributed by atoms with E-state index in [0.717, 1.165) is 11.4 Å². The molecular formula is C15H21N3O2. The van der Waals surface area contributed by atoms with Gasteiger partial charge in [0, 0.05) is 6.04 Å². The summed E-state index contributed by atoms with van der Waals surface area (Å²) in [6.45, 7) is 6.36. The van der Waals surface area contributed by atoms with Gasteiger partial charge in [-0.2, -0.15) is 0 Å². The summed E-state index contributed by atoms with van der Waals surface area (Å²) >= 11 is 0. The largest absolute Gasteiger partial charge is 0.374 e. The number of amides is 2. The van der Waals surface area contributed by atoms with E-state index in [0.29, 0.717) is 5.92 Å². The van der Waals surface area contributed by atoms with Crippen LogP contribution in [0, 0.1) is 5.92 Å². The topological polar surface area (TPSA) is 61.4 Å². The fourth-order valence-electron chi connectivity index (χ4n) is 2.04. The normalized spacial score (nSPS) is 15.6. The van der Waals surface area contributed by atoms with Gasteiger partial charge in [-0.05, 0) is 25.0 Å². The molecule has 0 radical (unpaired) electrons. The molecule has 0 aromatic heterocycles. The van der Waals surface area contributed by atoms with Crippen LogP contribution in [0.3, 0.4) is 0 Å². The van der Waals surface area contributed by atoms with Crippen molar-refractivity contribution in [2.75, 3.05) is 23.3 Å². The molecule has 2 N–H and O–H groups in total. The van der Waals surface area contributed by atoms with Gasteiger partial charge in [0.15, 0.2) is 0 Å². The quantitative estimate of drug-likeness (QED) is 0.877. The zero-order valence-electron chi connectivity index (χ0n) is 12.1. The van der Waals surface area contributed by atoms with Crippen LogP contribution in [0.1, 0.15) is 20.8 Å². The molecular weight excluding hydrogens is 254 g/mol. The number of rotatable bonds is 4. The van der Waals surface area contributed by atoms with Gasteiger partial charge in [0.25, 0.3) is 0 Å². The molecule has 0 fully saturated rings. The van der Waals surface area contributed by atoms with Crippen molar-refractivity contribution in [3.05, 3.63) is 24.3 Å². The molecule has 2 amide bonds. The van der Waals surface area contributed by atoms with E-state index in [-0.39, 0.29) is 30.9 Å². The Morgan fingerprint density at radius 3 is 2.75 bits per heavy atom. The van der Waals surface area contributed by atoms with Gasteiger partial charge in [0.05, 0.1) is 17.9 Å². The molecule has 0 saturated heterocycles. The second-order valence-corrected chi connectivity index (χ2v) is 5.45. The van der Waals surface area contributed by atoms with Crippen molar-refractivity contribution in [2.45, 2.75) is 26.8 Å². The molecule has 1 unspecified atom stereocenters. The Bertz CT molecular complexity index is 514. The van der Waals surface area contributed by atoms with Crippen LogP contribution in [0.4, 0.5) is 11.4 Å². The van der Waals surface area contributed by atoms with Gasteiger partial charge in [0.2, 0.25) is 11.8 Å². The summed E-state index contributed by atoms with van der Waals surface area (Å²) in [5.41, 5.74) is 1.65. The monoisotopic (exact) mass is 275 g/mol. The maximum Gasteiger partial charge on any atom is 0.246 e. The van der Waals surface area contributed by atoms with E-state index < -0.39 is 0 Å². The minimum atomic E-state index is -0.128. The van der Waals surface area contributed by atoms with Gasteiger partial charge >= 0.3 is 0 Å². The molecule has 108 valence electrons. The van der Waals surface area contributed by atoms with Gasteiger partial charge in [-0.15, -0.1) is 0 Å². The Balaban J connectivity index is 2.09. The second-order valence-electron chi connectivity index (χ2n) is 5.45. The lowest BCUT2D eigenvalue weighted by Gasteiger charge is -2.30. The van der Waals surface area contributed by atoms with E-state index in [1.165, 1.54) is 4.90 Å². The first-order chi connectivity index (χ1) is 9.49. The summed E-state index contributed by atoms with van der Waals surface area (Å²) in [5.74, 6) is 0.150. The number of carbonyl (C=O) groups is 2. The second kappa shape index (κ2) is 5.94. The standard InChI is InChI=1S/C15H21N3O2/c1-10(2)11(3)17-14(19)9-18-13-7-5-4-6-12(13)16-8-15(18)20/h4-7,10-11,16H,8-9H2,1-3H3,(H,17,19). The molecule has 20 heavy (non-hydrogen) atoms. The summed E-state index contributed by atoms with van der Waals surface area (Å²) < 4.78 is 0. The number of hydrogen-bond acceptors (Lipinski definition) is 3. The molecule has 1 aromatic carbocycles. The smallest absolute Gasteiger partial charge is 0.246 e. The van der Waals surface area contributed by atoms with E-state index in [9.17, 15) is 9.59 Å². The van der Waals surface area contributed by atoms with Gasteiger partial charge in [-0.3, -0.25) is 14.5 Å². The Hall–Kier alpha value is -2.04. The van der Waals surface area contributed by atoms with Gasteiger partial charge < -0.3 is 10.6 Å². The summed E-state index contributed by atoms with van der Waals surface area (Å²) in [4.78, 5) is 25.6. The number of nitrogens with one attached hydrogen (secondary N) is 2. The summed E-state index contributed by atoms with van der Waals surface area (Å²) in [5, 5.41) is 5.98. The molecule has 1 aliphatic rings. The third kappa shape index (κ3) is 3.10. The van der Waals surface area contributed by atoms with Crippen molar-refractivity contribution >= 4 is 23.2 Å². The predicted octanol–water partition coefficient (Wildman–Crippen LogP) is 1.61. The van der Waals surface area contributed by atoms with E-state index in [4.69, 9.17) is 0 Å². The third-order valence-corrected chi connectivity index (χ3v) is 3.62. The van der Waals surface area contributed by atoms with Crippen LogP contribution in [0.5, 0.6) is 0 Å². The molecule has 5 nitrogen and oxygen atoms in total. The highest BCUT2D eigenvalue weighted by atomic mass is 16.2. The Morgan fingerprint density at radius 2 is 2.05 bits per heavy atom.